The van der Waals surface area contributed by atoms with Gasteiger partial charge < -0.3 is 9.84 Å². The lowest BCUT2D eigenvalue weighted by atomic mass is 10.1. The lowest BCUT2D eigenvalue weighted by Gasteiger charge is -2.10. The van der Waals surface area contributed by atoms with Crippen molar-refractivity contribution < 1.29 is 14.6 Å². The molecule has 7 nitrogen and oxygen atoms in total. The number of nitrogens with zero attached hydrogens (tertiary/aromatic N) is 3. The van der Waals surface area contributed by atoms with Crippen molar-refractivity contribution in [2.24, 2.45) is 5.10 Å². The fourth-order valence-corrected chi connectivity index (χ4v) is 2.58. The van der Waals surface area contributed by atoms with E-state index in [0.29, 0.717) is 10.6 Å². The van der Waals surface area contributed by atoms with Gasteiger partial charge in [-0.25, -0.2) is 9.89 Å². The second-order valence-corrected chi connectivity index (χ2v) is 6.42. The number of hydrogen-bond donors (Lipinski definition) is 2. The van der Waals surface area contributed by atoms with Crippen molar-refractivity contribution in [3.05, 3.63) is 64.4 Å². The van der Waals surface area contributed by atoms with Crippen LogP contribution in [0.5, 0.6) is 5.75 Å². The SMILES string of the molecule is CC(C)Oc1cccc(-c2n[nH]c(=S)n2/N=C\c2ccc(C(=O)O)cc2)c1. The third kappa shape index (κ3) is 4.48. The topological polar surface area (TPSA) is 92.5 Å². The van der Waals surface area contributed by atoms with Crippen molar-refractivity contribution in [1.29, 1.82) is 0 Å². The van der Waals surface area contributed by atoms with Crippen LogP contribution >= 0.6 is 12.2 Å². The van der Waals surface area contributed by atoms with E-state index in [0.717, 1.165) is 16.9 Å². The lowest BCUT2D eigenvalue weighted by molar-refractivity contribution is 0.0697. The van der Waals surface area contributed by atoms with Gasteiger partial charge in [0.25, 0.3) is 0 Å². The molecule has 138 valence electrons. The number of carboxylic acid groups (broad SMARTS) is 1. The van der Waals surface area contributed by atoms with Gasteiger partial charge in [-0.15, -0.1) is 0 Å². The largest absolute Gasteiger partial charge is 0.491 e. The summed E-state index contributed by atoms with van der Waals surface area (Å²) in [5.41, 5.74) is 1.76. The summed E-state index contributed by atoms with van der Waals surface area (Å²) in [5, 5.41) is 20.3. The highest BCUT2D eigenvalue weighted by Gasteiger charge is 2.10. The number of ether oxygens (including phenoxy) is 1. The minimum Gasteiger partial charge on any atom is -0.491 e. The summed E-state index contributed by atoms with van der Waals surface area (Å²) in [6.07, 6.45) is 1.66. The number of aromatic carboxylic acids is 1. The summed E-state index contributed by atoms with van der Waals surface area (Å²) in [7, 11) is 0. The van der Waals surface area contributed by atoms with Crippen LogP contribution < -0.4 is 4.74 Å². The Morgan fingerprint density at radius 1 is 1.30 bits per heavy atom. The third-order valence-corrected chi connectivity index (χ3v) is 3.86. The van der Waals surface area contributed by atoms with E-state index < -0.39 is 5.97 Å². The number of aromatic nitrogens is 3. The summed E-state index contributed by atoms with van der Waals surface area (Å²) in [6, 6.07) is 13.9. The Labute approximate surface area is 160 Å². The smallest absolute Gasteiger partial charge is 0.335 e. The number of carboxylic acids is 1. The Morgan fingerprint density at radius 3 is 2.70 bits per heavy atom. The zero-order valence-electron chi connectivity index (χ0n) is 14.8. The third-order valence-electron chi connectivity index (χ3n) is 3.59. The molecular formula is C19H18N4O3S. The van der Waals surface area contributed by atoms with Gasteiger partial charge >= 0.3 is 5.97 Å². The minimum absolute atomic E-state index is 0.0628. The van der Waals surface area contributed by atoms with E-state index in [9.17, 15) is 4.79 Å². The molecule has 0 unspecified atom stereocenters. The first-order valence-electron chi connectivity index (χ1n) is 8.26. The predicted octanol–water partition coefficient (Wildman–Crippen LogP) is 3.98. The van der Waals surface area contributed by atoms with Gasteiger partial charge in [-0.1, -0.05) is 24.3 Å². The summed E-state index contributed by atoms with van der Waals surface area (Å²) in [6.45, 7) is 3.92. The van der Waals surface area contributed by atoms with Gasteiger partial charge in [0.2, 0.25) is 4.77 Å². The van der Waals surface area contributed by atoms with Gasteiger partial charge in [0.1, 0.15) is 5.75 Å². The highest BCUT2D eigenvalue weighted by atomic mass is 32.1. The van der Waals surface area contributed by atoms with Crippen LogP contribution in [0.4, 0.5) is 0 Å². The monoisotopic (exact) mass is 382 g/mol. The Kier molecular flexibility index (Phi) is 5.46. The Hall–Kier alpha value is -3.26. The van der Waals surface area contributed by atoms with Crippen LogP contribution in [0.15, 0.2) is 53.6 Å². The molecule has 0 aliphatic rings. The van der Waals surface area contributed by atoms with Crippen molar-refractivity contribution in [2.45, 2.75) is 20.0 Å². The number of hydrogen-bond acceptors (Lipinski definition) is 5. The summed E-state index contributed by atoms with van der Waals surface area (Å²) >= 11 is 5.27. The highest BCUT2D eigenvalue weighted by molar-refractivity contribution is 7.71. The number of H-pyrrole nitrogens is 1. The second-order valence-electron chi connectivity index (χ2n) is 6.03. The number of carbonyl (C=O) groups is 1. The van der Waals surface area contributed by atoms with Crippen LogP contribution in [-0.2, 0) is 0 Å². The average Bonchev–Trinajstić information content (AvgIpc) is 3.00. The number of benzene rings is 2. The molecule has 3 aromatic rings. The summed E-state index contributed by atoms with van der Waals surface area (Å²) < 4.78 is 7.58. The molecule has 2 aromatic carbocycles. The van der Waals surface area contributed by atoms with Crippen LogP contribution in [0.1, 0.15) is 29.8 Å². The average molecular weight is 382 g/mol. The van der Waals surface area contributed by atoms with Crippen LogP contribution in [0, 0.1) is 4.77 Å². The van der Waals surface area contributed by atoms with Crippen molar-refractivity contribution in [2.75, 3.05) is 0 Å². The number of aromatic amines is 1. The first-order chi connectivity index (χ1) is 12.9. The maximum atomic E-state index is 10.9. The number of nitrogens with one attached hydrogen (secondary N) is 1. The first-order valence-corrected chi connectivity index (χ1v) is 8.67. The van der Waals surface area contributed by atoms with Crippen molar-refractivity contribution in [3.8, 4) is 17.1 Å². The first kappa shape index (κ1) is 18.5. The fraction of sp³-hybridized carbons (Fsp3) is 0.158. The van der Waals surface area contributed by atoms with Crippen molar-refractivity contribution in [1.82, 2.24) is 14.9 Å². The van der Waals surface area contributed by atoms with Gasteiger partial charge in [0.05, 0.1) is 17.9 Å². The lowest BCUT2D eigenvalue weighted by Crippen LogP contribution is -2.05. The van der Waals surface area contributed by atoms with Gasteiger partial charge in [0.15, 0.2) is 5.82 Å². The molecule has 0 aliphatic carbocycles. The van der Waals surface area contributed by atoms with Crippen LogP contribution in [-0.4, -0.2) is 38.3 Å². The Balaban J connectivity index is 1.91. The van der Waals surface area contributed by atoms with Crippen LogP contribution in [0.3, 0.4) is 0 Å². The maximum absolute atomic E-state index is 10.9. The molecule has 2 N–H and O–H groups in total. The molecule has 0 saturated carbocycles. The van der Waals surface area contributed by atoms with E-state index in [1.807, 2.05) is 38.1 Å². The molecule has 0 spiro atoms. The van der Waals surface area contributed by atoms with Gasteiger partial charge in [0, 0.05) is 5.56 Å². The highest BCUT2D eigenvalue weighted by Crippen LogP contribution is 2.23. The minimum atomic E-state index is -0.971. The molecular weight excluding hydrogens is 364 g/mol. The van der Waals surface area contributed by atoms with E-state index in [1.165, 1.54) is 16.8 Å². The maximum Gasteiger partial charge on any atom is 0.335 e. The van der Waals surface area contributed by atoms with Crippen molar-refractivity contribution in [3.63, 3.8) is 0 Å². The fourth-order valence-electron chi connectivity index (χ4n) is 2.40. The summed E-state index contributed by atoms with van der Waals surface area (Å²) in [4.78, 5) is 10.9. The van der Waals surface area contributed by atoms with E-state index in [1.54, 1.807) is 18.3 Å². The molecule has 1 aromatic heterocycles. The molecule has 0 atom stereocenters. The van der Waals surface area contributed by atoms with Gasteiger partial charge in [-0.3, -0.25) is 0 Å². The number of rotatable bonds is 6. The summed E-state index contributed by atoms with van der Waals surface area (Å²) in [5.74, 6) is 0.310. The van der Waals surface area contributed by atoms with E-state index in [2.05, 4.69) is 15.3 Å². The second kappa shape index (κ2) is 7.96. The molecule has 3 rings (SSSR count). The molecule has 0 saturated heterocycles. The van der Waals surface area contributed by atoms with Crippen LogP contribution in [0.2, 0.25) is 0 Å². The Morgan fingerprint density at radius 2 is 2.04 bits per heavy atom. The molecule has 0 radical (unpaired) electrons. The normalized spacial score (nSPS) is 11.2. The van der Waals surface area contributed by atoms with Crippen molar-refractivity contribution >= 4 is 24.4 Å². The van der Waals surface area contributed by atoms with Crippen LogP contribution in [0.25, 0.3) is 11.4 Å². The zero-order valence-corrected chi connectivity index (χ0v) is 15.6. The standard InChI is InChI=1S/C19H18N4O3S/c1-12(2)26-16-5-3-4-15(10-16)17-21-22-19(27)23(17)20-11-13-6-8-14(9-7-13)18(24)25/h3-12H,1-2H3,(H,22,27)(H,24,25)/b20-11-. The van der Waals surface area contributed by atoms with E-state index >= 15 is 0 Å². The Bertz CT molecular complexity index is 1040. The molecule has 27 heavy (non-hydrogen) atoms. The predicted molar refractivity (Wildman–Crippen MR) is 105 cm³/mol. The molecule has 0 fully saturated rings. The quantitative estimate of drug-likeness (QED) is 0.497. The van der Waals surface area contributed by atoms with E-state index in [-0.39, 0.29) is 11.7 Å². The molecule has 1 heterocycles. The molecule has 0 amide bonds. The molecule has 8 heteroatoms. The molecule has 0 bridgehead atoms. The van der Waals surface area contributed by atoms with E-state index in [4.69, 9.17) is 22.1 Å². The van der Waals surface area contributed by atoms with Gasteiger partial charge in [-0.2, -0.15) is 14.9 Å². The zero-order chi connectivity index (χ0) is 19.4. The molecule has 0 aliphatic heterocycles. The van der Waals surface area contributed by atoms with Gasteiger partial charge in [-0.05, 0) is 55.9 Å².